The summed E-state index contributed by atoms with van der Waals surface area (Å²) in [5.41, 5.74) is 7.26. The molecule has 0 bridgehead atoms. The van der Waals surface area contributed by atoms with Gasteiger partial charge in [0.15, 0.2) is 0 Å². The first-order valence-electron chi connectivity index (χ1n) is 6.65. The zero-order valence-corrected chi connectivity index (χ0v) is 12.9. The molecule has 2 unspecified atom stereocenters. The Labute approximate surface area is 119 Å². The van der Waals surface area contributed by atoms with Crippen LogP contribution in [0.4, 0.5) is 0 Å². The van der Waals surface area contributed by atoms with E-state index in [1.165, 1.54) is 10.4 Å². The molecule has 5 heteroatoms. The van der Waals surface area contributed by atoms with Crippen LogP contribution in [0.15, 0.2) is 21.6 Å². The largest absolute Gasteiger partial charge is 0.385 e. The molecule has 0 aliphatic carbocycles. The van der Waals surface area contributed by atoms with Crippen molar-refractivity contribution >= 4 is 23.0 Å². The fourth-order valence-corrected chi connectivity index (χ4v) is 3.03. The van der Waals surface area contributed by atoms with Crippen molar-refractivity contribution in [2.24, 2.45) is 27.8 Å². The van der Waals surface area contributed by atoms with E-state index >= 15 is 0 Å². The number of nitrogens with two attached hydrogens (primary N) is 1. The SMILES string of the molecule is Cc1sccc1CCN(C)C1=NN=C(N)C(C)C1C. The Balaban J connectivity index is 2.00. The summed E-state index contributed by atoms with van der Waals surface area (Å²) in [4.78, 5) is 3.61. The zero-order chi connectivity index (χ0) is 14.0. The summed E-state index contributed by atoms with van der Waals surface area (Å²) in [7, 11) is 2.08. The van der Waals surface area contributed by atoms with E-state index in [1.54, 1.807) is 11.3 Å². The minimum Gasteiger partial charge on any atom is -0.385 e. The van der Waals surface area contributed by atoms with Crippen molar-refractivity contribution in [3.05, 3.63) is 21.9 Å². The van der Waals surface area contributed by atoms with Crippen LogP contribution in [0.3, 0.4) is 0 Å². The van der Waals surface area contributed by atoms with Crippen molar-refractivity contribution in [1.29, 1.82) is 0 Å². The van der Waals surface area contributed by atoms with E-state index < -0.39 is 0 Å². The van der Waals surface area contributed by atoms with E-state index in [2.05, 4.69) is 54.4 Å². The minimum absolute atomic E-state index is 0.262. The molecule has 104 valence electrons. The maximum absolute atomic E-state index is 5.83. The van der Waals surface area contributed by atoms with Crippen molar-refractivity contribution in [2.45, 2.75) is 27.2 Å². The van der Waals surface area contributed by atoms with Crippen molar-refractivity contribution < 1.29 is 0 Å². The van der Waals surface area contributed by atoms with Crippen LogP contribution in [0.2, 0.25) is 0 Å². The molecule has 0 spiro atoms. The van der Waals surface area contributed by atoms with Crippen molar-refractivity contribution in [1.82, 2.24) is 4.90 Å². The average molecular weight is 278 g/mol. The van der Waals surface area contributed by atoms with Gasteiger partial charge in [0.05, 0.1) is 0 Å². The summed E-state index contributed by atoms with van der Waals surface area (Å²) in [6.07, 6.45) is 1.05. The first-order chi connectivity index (χ1) is 9.00. The summed E-state index contributed by atoms with van der Waals surface area (Å²) in [5.74, 6) is 2.26. The van der Waals surface area contributed by atoms with E-state index in [9.17, 15) is 0 Å². The number of hydrogen-bond donors (Lipinski definition) is 1. The number of thiophene rings is 1. The van der Waals surface area contributed by atoms with Crippen molar-refractivity contribution in [3.8, 4) is 0 Å². The Hall–Kier alpha value is -1.36. The number of hydrogen-bond acceptors (Lipinski definition) is 5. The fourth-order valence-electron chi connectivity index (χ4n) is 2.27. The van der Waals surface area contributed by atoms with Crippen molar-refractivity contribution in [3.63, 3.8) is 0 Å². The first kappa shape index (κ1) is 14.1. The van der Waals surface area contributed by atoms with Gasteiger partial charge in [-0.15, -0.1) is 21.5 Å². The maximum Gasteiger partial charge on any atom is 0.130 e. The Bertz CT molecular complexity index is 503. The molecule has 4 nitrogen and oxygen atoms in total. The van der Waals surface area contributed by atoms with Crippen LogP contribution in [-0.4, -0.2) is 30.2 Å². The number of amidine groups is 2. The zero-order valence-electron chi connectivity index (χ0n) is 12.1. The highest BCUT2D eigenvalue weighted by molar-refractivity contribution is 7.10. The topological polar surface area (TPSA) is 54.0 Å². The monoisotopic (exact) mass is 278 g/mol. The van der Waals surface area contributed by atoms with Crippen molar-refractivity contribution in [2.75, 3.05) is 13.6 Å². The van der Waals surface area contributed by atoms with Crippen LogP contribution in [0.25, 0.3) is 0 Å². The van der Waals surface area contributed by atoms with Crippen LogP contribution in [0, 0.1) is 18.8 Å². The first-order valence-corrected chi connectivity index (χ1v) is 7.53. The molecule has 2 N–H and O–H groups in total. The normalized spacial score (nSPS) is 22.9. The van der Waals surface area contributed by atoms with E-state index in [0.717, 1.165) is 18.8 Å². The molecule has 0 radical (unpaired) electrons. The van der Waals surface area contributed by atoms with Gasteiger partial charge < -0.3 is 10.6 Å². The summed E-state index contributed by atoms with van der Waals surface area (Å²) in [6.45, 7) is 7.41. The highest BCUT2D eigenvalue weighted by atomic mass is 32.1. The Kier molecular flexibility index (Phi) is 4.24. The number of aryl methyl sites for hydroxylation is 1. The molecular formula is C14H22N4S. The number of nitrogens with zero attached hydrogens (tertiary/aromatic N) is 3. The molecule has 1 aromatic heterocycles. The minimum atomic E-state index is 0.262. The van der Waals surface area contributed by atoms with Gasteiger partial charge in [-0.3, -0.25) is 0 Å². The molecule has 1 aliphatic rings. The molecule has 2 heterocycles. The van der Waals surface area contributed by atoms with Gasteiger partial charge in [0.25, 0.3) is 0 Å². The van der Waals surface area contributed by atoms with Gasteiger partial charge in [-0.2, -0.15) is 0 Å². The quantitative estimate of drug-likeness (QED) is 0.923. The Morgan fingerprint density at radius 1 is 1.32 bits per heavy atom. The Morgan fingerprint density at radius 2 is 2.05 bits per heavy atom. The molecular weight excluding hydrogens is 256 g/mol. The molecule has 1 aliphatic heterocycles. The molecule has 0 saturated heterocycles. The molecule has 19 heavy (non-hydrogen) atoms. The second-order valence-electron chi connectivity index (χ2n) is 5.23. The van der Waals surface area contributed by atoms with Gasteiger partial charge in [-0.25, -0.2) is 0 Å². The van der Waals surface area contributed by atoms with Gasteiger partial charge in [0.2, 0.25) is 0 Å². The molecule has 0 amide bonds. The summed E-state index contributed by atoms with van der Waals surface area (Å²) in [5, 5.41) is 10.5. The van der Waals surface area contributed by atoms with Gasteiger partial charge in [0, 0.05) is 30.3 Å². The molecule has 1 aromatic rings. The fraction of sp³-hybridized carbons (Fsp3) is 0.571. The number of likely N-dealkylation sites (N-methyl/N-ethyl adjacent to an activating group) is 1. The molecule has 0 aromatic carbocycles. The lowest BCUT2D eigenvalue weighted by atomic mass is 9.92. The third kappa shape index (κ3) is 2.97. The van der Waals surface area contributed by atoms with Crippen LogP contribution in [0.5, 0.6) is 0 Å². The second kappa shape index (κ2) is 5.74. The molecule has 0 saturated carbocycles. The van der Waals surface area contributed by atoms with E-state index in [0.29, 0.717) is 11.8 Å². The van der Waals surface area contributed by atoms with E-state index in [1.807, 2.05) is 0 Å². The van der Waals surface area contributed by atoms with Crippen LogP contribution in [-0.2, 0) is 6.42 Å². The predicted molar refractivity (Wildman–Crippen MR) is 82.8 cm³/mol. The summed E-state index contributed by atoms with van der Waals surface area (Å²) < 4.78 is 0. The van der Waals surface area contributed by atoms with Crippen LogP contribution < -0.4 is 5.73 Å². The third-order valence-corrected chi connectivity index (χ3v) is 4.85. The maximum atomic E-state index is 5.83. The smallest absolute Gasteiger partial charge is 0.130 e. The average Bonchev–Trinajstić information content (AvgIpc) is 2.79. The number of rotatable bonds is 3. The lowest BCUT2D eigenvalue weighted by Gasteiger charge is -2.30. The predicted octanol–water partition coefficient (Wildman–Crippen LogP) is 2.49. The summed E-state index contributed by atoms with van der Waals surface area (Å²) in [6, 6.07) is 2.21. The van der Waals surface area contributed by atoms with Gasteiger partial charge >= 0.3 is 0 Å². The van der Waals surface area contributed by atoms with E-state index in [4.69, 9.17) is 5.73 Å². The molecule has 0 fully saturated rings. The second-order valence-corrected chi connectivity index (χ2v) is 6.35. The molecule has 2 rings (SSSR count). The lowest BCUT2D eigenvalue weighted by molar-refractivity contribution is 0.445. The highest BCUT2D eigenvalue weighted by Gasteiger charge is 2.27. The van der Waals surface area contributed by atoms with Gasteiger partial charge in [0.1, 0.15) is 11.7 Å². The standard InChI is InChI=1S/C14H22N4S/c1-9-10(2)14(17-16-13(9)15)18(4)7-5-12-6-8-19-11(12)3/h6,8-10H,5,7H2,1-4H3,(H2,15,16). The molecule has 2 atom stereocenters. The third-order valence-electron chi connectivity index (χ3n) is 3.97. The van der Waals surface area contributed by atoms with E-state index in [-0.39, 0.29) is 5.92 Å². The summed E-state index contributed by atoms with van der Waals surface area (Å²) >= 11 is 1.81. The van der Waals surface area contributed by atoms with Crippen LogP contribution in [0.1, 0.15) is 24.3 Å². The lowest BCUT2D eigenvalue weighted by Crippen LogP contribution is -2.42. The van der Waals surface area contributed by atoms with Gasteiger partial charge in [-0.1, -0.05) is 13.8 Å². The van der Waals surface area contributed by atoms with Gasteiger partial charge in [-0.05, 0) is 30.4 Å². The van der Waals surface area contributed by atoms with Crippen LogP contribution >= 0.6 is 11.3 Å². The highest BCUT2D eigenvalue weighted by Crippen LogP contribution is 2.20. The Morgan fingerprint density at radius 3 is 2.68 bits per heavy atom.